The highest BCUT2D eigenvalue weighted by atomic mass is 16.6. The Kier molecular flexibility index (Phi) is 5.25. The van der Waals surface area contributed by atoms with Gasteiger partial charge in [-0.15, -0.1) is 0 Å². The summed E-state index contributed by atoms with van der Waals surface area (Å²) < 4.78 is 5.14. The van der Waals surface area contributed by atoms with Gasteiger partial charge < -0.3 is 9.64 Å². The third-order valence-electron chi connectivity index (χ3n) is 5.34. The van der Waals surface area contributed by atoms with E-state index in [-0.39, 0.29) is 17.0 Å². The van der Waals surface area contributed by atoms with Gasteiger partial charge in [0.05, 0.1) is 10.5 Å². The first kappa shape index (κ1) is 20.3. The minimum absolute atomic E-state index is 0.0213. The molecule has 0 spiro atoms. The second-order valence-corrected chi connectivity index (χ2v) is 7.56. The van der Waals surface area contributed by atoms with E-state index in [1.165, 1.54) is 17.7 Å². The summed E-state index contributed by atoms with van der Waals surface area (Å²) in [5.74, 6) is -1.12. The topological polar surface area (TPSA) is 89.8 Å². The summed E-state index contributed by atoms with van der Waals surface area (Å²) in [6.07, 6.45) is 0.830. The monoisotopic (exact) mass is 416 g/mol. The fourth-order valence-electron chi connectivity index (χ4n) is 3.77. The predicted octanol–water partition coefficient (Wildman–Crippen LogP) is 4.27. The zero-order chi connectivity index (χ0) is 22.1. The Labute approximate surface area is 179 Å². The maximum Gasteiger partial charge on any atom is 0.338 e. The van der Waals surface area contributed by atoms with Gasteiger partial charge in [-0.1, -0.05) is 36.4 Å². The fraction of sp³-hybridized carbons (Fsp3) is 0.167. The summed E-state index contributed by atoms with van der Waals surface area (Å²) >= 11 is 0. The molecule has 0 unspecified atom stereocenters. The van der Waals surface area contributed by atoms with Crippen LogP contribution in [0.4, 0.5) is 11.4 Å². The number of carbonyl (C=O) groups is 2. The maximum absolute atomic E-state index is 12.6. The molecule has 0 amide bonds. The Morgan fingerprint density at radius 2 is 1.68 bits per heavy atom. The molecule has 3 aromatic rings. The molecular weight excluding hydrogens is 396 g/mol. The zero-order valence-electron chi connectivity index (χ0n) is 17.1. The lowest BCUT2D eigenvalue weighted by Crippen LogP contribution is -2.15. The van der Waals surface area contributed by atoms with E-state index < -0.39 is 17.5 Å². The second-order valence-electron chi connectivity index (χ2n) is 7.56. The molecule has 7 nitrogen and oxygen atoms in total. The zero-order valence-corrected chi connectivity index (χ0v) is 17.1. The molecule has 0 fully saturated rings. The first-order valence-corrected chi connectivity index (χ1v) is 9.72. The van der Waals surface area contributed by atoms with Crippen molar-refractivity contribution < 1.29 is 19.2 Å². The van der Waals surface area contributed by atoms with Gasteiger partial charge in [0, 0.05) is 25.7 Å². The molecule has 0 saturated carbocycles. The normalized spacial score (nSPS) is 11.4. The molecule has 0 saturated heterocycles. The summed E-state index contributed by atoms with van der Waals surface area (Å²) in [6, 6.07) is 17.6. The van der Waals surface area contributed by atoms with Crippen molar-refractivity contribution in [2.75, 3.05) is 25.6 Å². The largest absolute Gasteiger partial charge is 0.454 e. The van der Waals surface area contributed by atoms with Crippen LogP contribution in [0.1, 0.15) is 31.8 Å². The van der Waals surface area contributed by atoms with Gasteiger partial charge in [0.1, 0.15) is 5.69 Å². The van der Waals surface area contributed by atoms with E-state index in [4.69, 9.17) is 4.74 Å². The van der Waals surface area contributed by atoms with Crippen LogP contribution in [-0.4, -0.2) is 37.4 Å². The first-order valence-electron chi connectivity index (χ1n) is 9.72. The predicted molar refractivity (Wildman–Crippen MR) is 117 cm³/mol. The average molecular weight is 416 g/mol. The number of nitro benzene ring substituents is 1. The molecule has 31 heavy (non-hydrogen) atoms. The minimum Gasteiger partial charge on any atom is -0.454 e. The maximum atomic E-state index is 12.6. The first-order chi connectivity index (χ1) is 14.8. The molecule has 156 valence electrons. The molecule has 0 aliphatic heterocycles. The van der Waals surface area contributed by atoms with Crippen molar-refractivity contribution in [1.29, 1.82) is 0 Å². The number of ether oxygens (including phenoxy) is 1. The molecule has 1 aliphatic carbocycles. The molecular formula is C24H20N2O5. The molecule has 0 aromatic heterocycles. The molecule has 0 heterocycles. The number of fused-ring (bicyclic) bond motifs is 3. The van der Waals surface area contributed by atoms with Crippen molar-refractivity contribution >= 4 is 23.1 Å². The van der Waals surface area contributed by atoms with E-state index in [9.17, 15) is 19.7 Å². The smallest absolute Gasteiger partial charge is 0.338 e. The van der Waals surface area contributed by atoms with E-state index in [0.717, 1.165) is 29.2 Å². The number of carbonyl (C=O) groups excluding carboxylic acids is 2. The van der Waals surface area contributed by atoms with Crippen molar-refractivity contribution in [3.8, 4) is 11.1 Å². The number of ketones is 1. The minimum atomic E-state index is -0.784. The van der Waals surface area contributed by atoms with Gasteiger partial charge in [0.15, 0.2) is 12.4 Å². The summed E-state index contributed by atoms with van der Waals surface area (Å²) in [5, 5.41) is 11.3. The van der Waals surface area contributed by atoms with Crippen molar-refractivity contribution in [3.63, 3.8) is 0 Å². The summed E-state index contributed by atoms with van der Waals surface area (Å²) in [4.78, 5) is 37.3. The lowest BCUT2D eigenvalue weighted by molar-refractivity contribution is -0.384. The number of nitrogens with zero attached hydrogens (tertiary/aromatic N) is 2. The molecule has 1 aliphatic rings. The molecule has 4 rings (SSSR count). The highest BCUT2D eigenvalue weighted by molar-refractivity contribution is 6.01. The third kappa shape index (κ3) is 3.90. The second kappa shape index (κ2) is 8.02. The van der Waals surface area contributed by atoms with Gasteiger partial charge >= 0.3 is 5.97 Å². The van der Waals surface area contributed by atoms with Crippen LogP contribution in [0.25, 0.3) is 11.1 Å². The van der Waals surface area contributed by atoms with Gasteiger partial charge in [0.25, 0.3) is 5.69 Å². The number of nitro groups is 1. The number of anilines is 1. The van der Waals surface area contributed by atoms with E-state index in [1.807, 2.05) is 30.3 Å². The number of rotatable bonds is 6. The van der Waals surface area contributed by atoms with Crippen molar-refractivity contribution in [2.45, 2.75) is 6.42 Å². The Balaban J connectivity index is 1.48. The lowest BCUT2D eigenvalue weighted by Gasteiger charge is -2.13. The average Bonchev–Trinajstić information content (AvgIpc) is 3.14. The van der Waals surface area contributed by atoms with Gasteiger partial charge in [-0.05, 0) is 46.9 Å². The summed E-state index contributed by atoms with van der Waals surface area (Å²) in [7, 11) is 3.35. The SMILES string of the molecule is CN(C)c1ccc(C(=O)OCC(=O)c2ccc3c(c2)-c2ccccc2C3)cc1[N+](=O)[O-]. The Bertz CT molecular complexity index is 1220. The van der Waals surface area contributed by atoms with Gasteiger partial charge in [-0.25, -0.2) is 4.79 Å². The van der Waals surface area contributed by atoms with Crippen LogP contribution < -0.4 is 4.90 Å². The van der Waals surface area contributed by atoms with E-state index >= 15 is 0 Å². The standard InChI is InChI=1S/C24H20N2O5/c1-25(2)21-10-9-18(13-22(21)26(29)30)24(28)31-14-23(27)17-8-7-16-11-15-5-3-4-6-19(15)20(16)12-17/h3-10,12-13H,11,14H2,1-2H3. The number of hydrogen-bond donors (Lipinski definition) is 0. The highest BCUT2D eigenvalue weighted by Gasteiger charge is 2.22. The third-order valence-corrected chi connectivity index (χ3v) is 5.34. The van der Waals surface area contributed by atoms with Crippen LogP contribution in [0.5, 0.6) is 0 Å². The Hall–Kier alpha value is -4.00. The lowest BCUT2D eigenvalue weighted by atomic mass is 10.0. The molecule has 7 heteroatoms. The van der Waals surface area contributed by atoms with Crippen molar-refractivity contribution in [3.05, 3.63) is 93.0 Å². The van der Waals surface area contributed by atoms with Crippen LogP contribution in [0, 0.1) is 10.1 Å². The summed E-state index contributed by atoms with van der Waals surface area (Å²) in [6.45, 7) is -0.442. The molecule has 0 atom stereocenters. The molecule has 3 aromatic carbocycles. The quantitative estimate of drug-likeness (QED) is 0.202. The number of benzene rings is 3. The number of hydrogen-bond acceptors (Lipinski definition) is 6. The number of Topliss-reactive ketones (excluding diaryl/α,β-unsaturated/α-hetero) is 1. The van der Waals surface area contributed by atoms with Gasteiger partial charge in [-0.3, -0.25) is 14.9 Å². The Morgan fingerprint density at radius 3 is 2.42 bits per heavy atom. The summed E-state index contributed by atoms with van der Waals surface area (Å²) in [5.41, 5.74) is 5.14. The number of esters is 1. The molecule has 0 bridgehead atoms. The van der Waals surface area contributed by atoms with Crippen LogP contribution >= 0.6 is 0 Å². The van der Waals surface area contributed by atoms with Crippen LogP contribution in [0.15, 0.2) is 60.7 Å². The highest BCUT2D eigenvalue weighted by Crippen LogP contribution is 2.37. The van der Waals surface area contributed by atoms with E-state index in [2.05, 4.69) is 6.07 Å². The van der Waals surface area contributed by atoms with Crippen LogP contribution in [0.2, 0.25) is 0 Å². The van der Waals surface area contributed by atoms with Crippen molar-refractivity contribution in [1.82, 2.24) is 0 Å². The molecule has 0 radical (unpaired) electrons. The Morgan fingerprint density at radius 1 is 0.968 bits per heavy atom. The van der Waals surface area contributed by atoms with Crippen LogP contribution in [0.3, 0.4) is 0 Å². The molecule has 0 N–H and O–H groups in total. The fourth-order valence-corrected chi connectivity index (χ4v) is 3.77. The van der Waals surface area contributed by atoms with Gasteiger partial charge in [0.2, 0.25) is 0 Å². The van der Waals surface area contributed by atoms with E-state index in [1.54, 1.807) is 25.1 Å². The van der Waals surface area contributed by atoms with Crippen LogP contribution in [-0.2, 0) is 11.2 Å². The van der Waals surface area contributed by atoms with Crippen molar-refractivity contribution in [2.24, 2.45) is 0 Å². The van der Waals surface area contributed by atoms with E-state index in [0.29, 0.717) is 11.3 Å². The van der Waals surface area contributed by atoms with Gasteiger partial charge in [-0.2, -0.15) is 0 Å².